The van der Waals surface area contributed by atoms with Crippen molar-refractivity contribution < 1.29 is 14.3 Å². The Bertz CT molecular complexity index is 899. The second-order valence-electron chi connectivity index (χ2n) is 7.82. The van der Waals surface area contributed by atoms with Crippen LogP contribution in [0.1, 0.15) is 17.7 Å². The van der Waals surface area contributed by atoms with Gasteiger partial charge in [-0.1, -0.05) is 31.3 Å². The SMILES string of the molecule is Cn1nc(-c2cccc(CN3CCC(=O)N(COCC[Si](C)C)C3=O)c2)cc1CN. The molecule has 0 unspecified atom stereocenters. The Kier molecular flexibility index (Phi) is 7.41. The maximum absolute atomic E-state index is 12.8. The van der Waals surface area contributed by atoms with Crippen molar-refractivity contribution in [2.75, 3.05) is 19.9 Å². The molecule has 1 aromatic carbocycles. The Balaban J connectivity index is 1.66. The lowest BCUT2D eigenvalue weighted by Gasteiger charge is -2.34. The van der Waals surface area contributed by atoms with Crippen LogP contribution in [0, 0.1) is 0 Å². The highest BCUT2D eigenvalue weighted by atomic mass is 28.3. The van der Waals surface area contributed by atoms with Gasteiger partial charge in [0, 0.05) is 54.1 Å². The van der Waals surface area contributed by atoms with E-state index in [0.29, 0.717) is 32.7 Å². The van der Waals surface area contributed by atoms with Crippen LogP contribution in [0.4, 0.5) is 4.79 Å². The Labute approximate surface area is 179 Å². The number of amides is 3. The van der Waals surface area contributed by atoms with Crippen molar-refractivity contribution in [1.82, 2.24) is 19.6 Å². The molecule has 2 N–H and O–H groups in total. The molecular formula is C21H30N5O3Si. The number of hydrogen-bond acceptors (Lipinski definition) is 5. The van der Waals surface area contributed by atoms with Gasteiger partial charge in [0.15, 0.2) is 0 Å². The second-order valence-corrected chi connectivity index (χ2v) is 10.7. The summed E-state index contributed by atoms with van der Waals surface area (Å²) in [6.45, 7) is 6.30. The Morgan fingerprint density at radius 1 is 1.23 bits per heavy atom. The summed E-state index contributed by atoms with van der Waals surface area (Å²) in [5.74, 6) is -0.175. The van der Waals surface area contributed by atoms with Gasteiger partial charge in [0.1, 0.15) is 6.73 Å². The third kappa shape index (κ3) is 5.35. The Morgan fingerprint density at radius 3 is 2.73 bits per heavy atom. The minimum atomic E-state index is -0.382. The van der Waals surface area contributed by atoms with E-state index in [1.165, 1.54) is 4.90 Å². The first-order chi connectivity index (χ1) is 14.4. The van der Waals surface area contributed by atoms with E-state index in [9.17, 15) is 9.59 Å². The molecule has 161 valence electrons. The third-order valence-electron chi connectivity index (χ3n) is 5.15. The Hall–Kier alpha value is -2.49. The van der Waals surface area contributed by atoms with E-state index in [4.69, 9.17) is 10.5 Å². The van der Waals surface area contributed by atoms with Crippen molar-refractivity contribution in [3.05, 3.63) is 41.6 Å². The molecule has 8 nitrogen and oxygen atoms in total. The highest BCUT2D eigenvalue weighted by Crippen LogP contribution is 2.22. The smallest absolute Gasteiger partial charge is 0.328 e. The van der Waals surface area contributed by atoms with Crippen LogP contribution in [-0.4, -0.2) is 60.2 Å². The highest BCUT2D eigenvalue weighted by Gasteiger charge is 2.32. The molecule has 1 aliphatic heterocycles. The van der Waals surface area contributed by atoms with Crippen LogP contribution in [0.3, 0.4) is 0 Å². The molecule has 2 heterocycles. The molecule has 0 atom stereocenters. The molecule has 0 bridgehead atoms. The minimum Gasteiger partial charge on any atom is -0.361 e. The van der Waals surface area contributed by atoms with Gasteiger partial charge in [-0.2, -0.15) is 5.10 Å². The quantitative estimate of drug-likeness (QED) is 0.489. The maximum atomic E-state index is 12.8. The fraction of sp³-hybridized carbons (Fsp3) is 0.476. The summed E-state index contributed by atoms with van der Waals surface area (Å²) in [5, 5.41) is 4.52. The van der Waals surface area contributed by atoms with Gasteiger partial charge in [0.05, 0.1) is 11.4 Å². The van der Waals surface area contributed by atoms with Gasteiger partial charge in [0.2, 0.25) is 5.91 Å². The maximum Gasteiger partial charge on any atom is 0.328 e. The lowest BCUT2D eigenvalue weighted by molar-refractivity contribution is -0.135. The molecule has 1 aromatic heterocycles. The van der Waals surface area contributed by atoms with Crippen molar-refractivity contribution >= 4 is 20.7 Å². The van der Waals surface area contributed by atoms with E-state index in [2.05, 4.69) is 18.2 Å². The standard InChI is InChI=1S/C21H30N5O3Si/c1-24-18(13-22)12-19(23-24)17-6-4-5-16(11-17)14-25-8-7-20(27)26(21(25)28)15-29-9-10-30(2)3/h4-6,11-12H,7-10,13-15,22H2,1-3H3. The van der Waals surface area contributed by atoms with Gasteiger partial charge >= 0.3 is 6.03 Å². The normalized spacial score (nSPS) is 14.8. The first kappa shape index (κ1) is 22.2. The average molecular weight is 429 g/mol. The predicted octanol–water partition coefficient (Wildman–Crippen LogP) is 2.43. The van der Waals surface area contributed by atoms with Crippen LogP contribution in [0.15, 0.2) is 30.3 Å². The number of ether oxygens (including phenoxy) is 1. The molecule has 0 spiro atoms. The molecule has 1 saturated heterocycles. The molecule has 9 heteroatoms. The lowest BCUT2D eigenvalue weighted by Crippen LogP contribution is -2.52. The zero-order valence-electron chi connectivity index (χ0n) is 17.9. The zero-order valence-corrected chi connectivity index (χ0v) is 18.9. The molecule has 0 saturated carbocycles. The number of imide groups is 1. The number of nitrogens with two attached hydrogens (primary N) is 1. The summed E-state index contributed by atoms with van der Waals surface area (Å²) in [6.07, 6.45) is 0.311. The van der Waals surface area contributed by atoms with Crippen molar-refractivity contribution in [3.8, 4) is 11.3 Å². The molecule has 2 aromatic rings. The minimum absolute atomic E-state index is 0.0269. The van der Waals surface area contributed by atoms with Crippen molar-refractivity contribution in [2.45, 2.75) is 38.6 Å². The summed E-state index contributed by atoms with van der Waals surface area (Å²) in [5.41, 5.74) is 9.51. The monoisotopic (exact) mass is 428 g/mol. The summed E-state index contributed by atoms with van der Waals surface area (Å²) in [4.78, 5) is 28.0. The number of urea groups is 1. The first-order valence-electron chi connectivity index (χ1n) is 10.2. The molecule has 0 aliphatic carbocycles. The van der Waals surface area contributed by atoms with Gasteiger partial charge in [-0.15, -0.1) is 0 Å². The number of nitrogens with zero attached hydrogens (tertiary/aromatic N) is 4. The van der Waals surface area contributed by atoms with Crippen LogP contribution < -0.4 is 5.73 Å². The zero-order chi connectivity index (χ0) is 21.7. The van der Waals surface area contributed by atoms with Crippen LogP contribution in [0.5, 0.6) is 0 Å². The van der Waals surface area contributed by atoms with Gasteiger partial charge in [-0.05, 0) is 23.7 Å². The fourth-order valence-electron chi connectivity index (χ4n) is 3.33. The molecule has 1 radical (unpaired) electrons. The van der Waals surface area contributed by atoms with Crippen molar-refractivity contribution in [3.63, 3.8) is 0 Å². The number of benzene rings is 1. The van der Waals surface area contributed by atoms with Crippen LogP contribution in [0.2, 0.25) is 19.1 Å². The lowest BCUT2D eigenvalue weighted by atomic mass is 10.1. The molecule has 30 heavy (non-hydrogen) atoms. The number of rotatable bonds is 9. The summed E-state index contributed by atoms with van der Waals surface area (Å²) >= 11 is 0. The topological polar surface area (TPSA) is 93.7 Å². The summed E-state index contributed by atoms with van der Waals surface area (Å²) in [6, 6.07) is 10.6. The van der Waals surface area contributed by atoms with Gasteiger partial charge in [-0.25, -0.2) is 9.69 Å². The van der Waals surface area contributed by atoms with Gasteiger partial charge < -0.3 is 15.4 Å². The fourth-order valence-corrected chi connectivity index (χ4v) is 3.88. The van der Waals surface area contributed by atoms with Crippen LogP contribution >= 0.6 is 0 Å². The van der Waals surface area contributed by atoms with Crippen molar-refractivity contribution in [1.29, 1.82) is 0 Å². The number of aromatic nitrogens is 2. The summed E-state index contributed by atoms with van der Waals surface area (Å²) < 4.78 is 7.37. The molecule has 3 amide bonds. The molecule has 1 aliphatic rings. The molecule has 3 rings (SSSR count). The third-order valence-corrected chi connectivity index (χ3v) is 6.35. The predicted molar refractivity (Wildman–Crippen MR) is 117 cm³/mol. The van der Waals surface area contributed by atoms with E-state index in [-0.39, 0.29) is 27.5 Å². The van der Waals surface area contributed by atoms with E-state index in [1.54, 1.807) is 9.58 Å². The number of hydrogen-bond donors (Lipinski definition) is 1. The Morgan fingerprint density at radius 2 is 2.03 bits per heavy atom. The number of carbonyl (C=O) groups excluding carboxylic acids is 2. The first-order valence-corrected chi connectivity index (χ1v) is 12.9. The van der Waals surface area contributed by atoms with Crippen LogP contribution in [-0.2, 0) is 29.7 Å². The van der Waals surface area contributed by atoms with Crippen LogP contribution in [0.25, 0.3) is 11.3 Å². The number of aryl methyl sites for hydroxylation is 1. The highest BCUT2D eigenvalue weighted by molar-refractivity contribution is 6.55. The van der Waals surface area contributed by atoms with Gasteiger partial charge in [-0.3, -0.25) is 9.48 Å². The van der Waals surface area contributed by atoms with Crippen molar-refractivity contribution in [2.24, 2.45) is 12.8 Å². The van der Waals surface area contributed by atoms with E-state index >= 15 is 0 Å². The van der Waals surface area contributed by atoms with E-state index in [0.717, 1.165) is 28.6 Å². The largest absolute Gasteiger partial charge is 0.361 e. The molecule has 1 fully saturated rings. The average Bonchev–Trinajstić information content (AvgIpc) is 3.10. The molecular weight excluding hydrogens is 398 g/mol. The number of carbonyl (C=O) groups is 2. The van der Waals surface area contributed by atoms with E-state index in [1.807, 2.05) is 37.4 Å². The summed E-state index contributed by atoms with van der Waals surface area (Å²) in [7, 11) is 1.49. The van der Waals surface area contributed by atoms with E-state index < -0.39 is 0 Å². The second kappa shape index (κ2) is 10.0. The van der Waals surface area contributed by atoms with Gasteiger partial charge in [0.25, 0.3) is 0 Å².